The maximum atomic E-state index is 13.9. The van der Waals surface area contributed by atoms with E-state index in [1.807, 2.05) is 35.0 Å². The molecule has 2 fully saturated rings. The van der Waals surface area contributed by atoms with Crippen molar-refractivity contribution < 1.29 is 4.39 Å². The first-order valence-electron chi connectivity index (χ1n) is 12.6. The van der Waals surface area contributed by atoms with Gasteiger partial charge < -0.3 is 9.80 Å². The van der Waals surface area contributed by atoms with E-state index >= 15 is 0 Å². The molecule has 0 bridgehead atoms. The number of pyridine rings is 1. The Morgan fingerprint density at radius 2 is 1.86 bits per heavy atom. The molecule has 6 nitrogen and oxygen atoms in total. The lowest BCUT2D eigenvalue weighted by molar-refractivity contribution is 0.292. The number of imidazole rings is 1. The van der Waals surface area contributed by atoms with E-state index in [1.54, 1.807) is 12.1 Å². The van der Waals surface area contributed by atoms with Crippen LogP contribution in [0, 0.1) is 11.2 Å². The van der Waals surface area contributed by atoms with Crippen LogP contribution in [0.3, 0.4) is 0 Å². The molecular weight excluding hydrogens is 439 g/mol. The maximum Gasteiger partial charge on any atom is 0.154 e. The Hall–Kier alpha value is -3.48. The second-order valence-corrected chi connectivity index (χ2v) is 10.6. The van der Waals surface area contributed by atoms with Crippen molar-refractivity contribution in [2.24, 2.45) is 5.41 Å². The minimum Gasteiger partial charge on any atom is -0.356 e. The number of rotatable bonds is 4. The Balaban J connectivity index is 1.34. The summed E-state index contributed by atoms with van der Waals surface area (Å²) in [7, 11) is 0. The molecule has 180 valence electrons. The van der Waals surface area contributed by atoms with Crippen molar-refractivity contribution >= 4 is 17.3 Å². The first-order valence-corrected chi connectivity index (χ1v) is 12.6. The van der Waals surface area contributed by atoms with Crippen molar-refractivity contribution in [3.63, 3.8) is 0 Å². The van der Waals surface area contributed by atoms with Gasteiger partial charge in [0.25, 0.3) is 0 Å². The molecule has 1 aromatic carbocycles. The van der Waals surface area contributed by atoms with Gasteiger partial charge in [-0.2, -0.15) is 0 Å². The third-order valence-electron chi connectivity index (χ3n) is 7.35. The third-order valence-corrected chi connectivity index (χ3v) is 7.35. The van der Waals surface area contributed by atoms with Crippen LogP contribution in [-0.2, 0) is 0 Å². The molecule has 0 amide bonds. The summed E-state index contributed by atoms with van der Waals surface area (Å²) < 4.78 is 15.8. The van der Waals surface area contributed by atoms with Crippen molar-refractivity contribution in [2.45, 2.75) is 45.6 Å². The molecule has 2 aliphatic heterocycles. The van der Waals surface area contributed by atoms with Gasteiger partial charge in [-0.05, 0) is 73.1 Å². The van der Waals surface area contributed by atoms with Gasteiger partial charge in [0.2, 0.25) is 0 Å². The standard InChI is InChI=1S/C28H31FN6/c1-28(2)14-6-15-33(19-28)26-11-4-9-22(31-26)24-18-30-25-12-13-27(32-35(24)25)34-16-5-10-23(34)20-7-3-8-21(29)17-20/h3-4,7-9,11-13,17-18,23H,5-6,10,14-16,19H2,1-2H3/t23-/m1/s1. The van der Waals surface area contributed by atoms with Gasteiger partial charge in [-0.25, -0.2) is 18.9 Å². The summed E-state index contributed by atoms with van der Waals surface area (Å²) in [5.41, 5.74) is 3.82. The van der Waals surface area contributed by atoms with Crippen LogP contribution in [0.1, 0.15) is 51.1 Å². The molecule has 2 aliphatic rings. The average Bonchev–Trinajstić information content (AvgIpc) is 3.51. The highest BCUT2D eigenvalue weighted by Gasteiger charge is 2.29. The van der Waals surface area contributed by atoms with E-state index in [1.165, 1.54) is 18.9 Å². The van der Waals surface area contributed by atoms with Crippen LogP contribution in [0.15, 0.2) is 60.8 Å². The van der Waals surface area contributed by atoms with Gasteiger partial charge in [0.1, 0.15) is 23.1 Å². The largest absolute Gasteiger partial charge is 0.356 e. The number of piperidine rings is 1. The number of halogens is 1. The SMILES string of the molecule is CC1(C)CCCN(c2cccc(-c3cnc4ccc(N5CCC[C@@H]5c5cccc(F)c5)nn34)n2)C1. The van der Waals surface area contributed by atoms with Crippen LogP contribution in [0.4, 0.5) is 16.0 Å². The zero-order valence-electron chi connectivity index (χ0n) is 20.4. The Morgan fingerprint density at radius 1 is 0.971 bits per heavy atom. The summed E-state index contributed by atoms with van der Waals surface area (Å²) >= 11 is 0. The molecule has 4 aromatic rings. The average molecular weight is 471 g/mol. The summed E-state index contributed by atoms with van der Waals surface area (Å²) in [6, 6.07) is 17.3. The normalized spacial score (nSPS) is 20.0. The zero-order chi connectivity index (χ0) is 24.0. The molecule has 35 heavy (non-hydrogen) atoms. The number of anilines is 2. The van der Waals surface area contributed by atoms with E-state index in [4.69, 9.17) is 10.1 Å². The lowest BCUT2D eigenvalue weighted by atomic mass is 9.84. The number of hydrogen-bond acceptors (Lipinski definition) is 5. The molecule has 1 atom stereocenters. The Kier molecular flexibility index (Phi) is 5.43. The number of fused-ring (bicyclic) bond motifs is 1. The van der Waals surface area contributed by atoms with E-state index in [-0.39, 0.29) is 11.9 Å². The van der Waals surface area contributed by atoms with Crippen LogP contribution >= 0.6 is 0 Å². The lowest BCUT2D eigenvalue weighted by Crippen LogP contribution is -2.40. The van der Waals surface area contributed by atoms with Crippen molar-refractivity contribution in [3.8, 4) is 11.4 Å². The fraction of sp³-hybridized carbons (Fsp3) is 0.393. The summed E-state index contributed by atoms with van der Waals surface area (Å²) in [5.74, 6) is 1.68. The number of benzene rings is 1. The Bertz CT molecular complexity index is 1360. The van der Waals surface area contributed by atoms with Crippen LogP contribution in [-0.4, -0.2) is 39.2 Å². The van der Waals surface area contributed by atoms with Gasteiger partial charge in [-0.15, -0.1) is 5.10 Å². The predicted octanol–water partition coefficient (Wildman–Crippen LogP) is 5.90. The third kappa shape index (κ3) is 4.24. The maximum absolute atomic E-state index is 13.9. The summed E-state index contributed by atoms with van der Waals surface area (Å²) in [4.78, 5) is 14.3. The predicted molar refractivity (Wildman–Crippen MR) is 137 cm³/mol. The fourth-order valence-electron chi connectivity index (χ4n) is 5.65. The van der Waals surface area contributed by atoms with Gasteiger partial charge in [-0.1, -0.05) is 32.0 Å². The first-order chi connectivity index (χ1) is 17.0. The molecule has 0 aliphatic carbocycles. The highest BCUT2D eigenvalue weighted by molar-refractivity contribution is 5.62. The molecule has 5 heterocycles. The summed E-state index contributed by atoms with van der Waals surface area (Å²) in [5, 5.41) is 4.99. The van der Waals surface area contributed by atoms with Gasteiger partial charge >= 0.3 is 0 Å². The smallest absolute Gasteiger partial charge is 0.154 e. The second-order valence-electron chi connectivity index (χ2n) is 10.6. The lowest BCUT2D eigenvalue weighted by Gasteiger charge is -2.38. The molecule has 7 heteroatoms. The van der Waals surface area contributed by atoms with Crippen molar-refractivity contribution in [1.29, 1.82) is 0 Å². The van der Waals surface area contributed by atoms with Gasteiger partial charge in [-0.3, -0.25) is 0 Å². The molecule has 2 saturated heterocycles. The molecule has 3 aromatic heterocycles. The number of hydrogen-bond donors (Lipinski definition) is 0. The minimum atomic E-state index is -0.197. The summed E-state index contributed by atoms with van der Waals surface area (Å²) in [6.45, 7) is 7.59. The molecule has 0 radical (unpaired) electrons. The fourth-order valence-corrected chi connectivity index (χ4v) is 5.65. The first kappa shape index (κ1) is 22.0. The van der Waals surface area contributed by atoms with E-state index < -0.39 is 0 Å². The molecular formula is C28H31FN6. The van der Waals surface area contributed by atoms with Crippen LogP contribution in [0.5, 0.6) is 0 Å². The Labute approximate surface area is 205 Å². The number of nitrogens with zero attached hydrogens (tertiary/aromatic N) is 6. The van der Waals surface area contributed by atoms with Crippen molar-refractivity contribution in [1.82, 2.24) is 19.6 Å². The van der Waals surface area contributed by atoms with E-state index in [0.29, 0.717) is 5.41 Å². The monoisotopic (exact) mass is 470 g/mol. The van der Waals surface area contributed by atoms with Gasteiger partial charge in [0.15, 0.2) is 5.65 Å². The van der Waals surface area contributed by atoms with E-state index in [2.05, 4.69) is 40.8 Å². The van der Waals surface area contributed by atoms with Crippen LogP contribution in [0.2, 0.25) is 0 Å². The van der Waals surface area contributed by atoms with Crippen molar-refractivity contribution in [2.75, 3.05) is 29.4 Å². The zero-order valence-corrected chi connectivity index (χ0v) is 20.4. The van der Waals surface area contributed by atoms with Crippen molar-refractivity contribution in [3.05, 3.63) is 72.2 Å². The quantitative estimate of drug-likeness (QED) is 0.372. The van der Waals surface area contributed by atoms with Gasteiger partial charge in [0, 0.05) is 19.6 Å². The van der Waals surface area contributed by atoms with E-state index in [0.717, 1.165) is 66.7 Å². The minimum absolute atomic E-state index is 0.117. The highest BCUT2D eigenvalue weighted by Crippen LogP contribution is 2.36. The molecule has 0 unspecified atom stereocenters. The van der Waals surface area contributed by atoms with Crippen LogP contribution in [0.25, 0.3) is 17.0 Å². The molecule has 6 rings (SSSR count). The molecule has 0 spiro atoms. The topological polar surface area (TPSA) is 49.6 Å². The number of aromatic nitrogens is 4. The van der Waals surface area contributed by atoms with Gasteiger partial charge in [0.05, 0.1) is 17.9 Å². The van der Waals surface area contributed by atoms with Crippen LogP contribution < -0.4 is 9.80 Å². The molecule has 0 N–H and O–H groups in total. The van der Waals surface area contributed by atoms with E-state index in [9.17, 15) is 4.39 Å². The second kappa shape index (κ2) is 8.63. The molecule has 0 saturated carbocycles. The highest BCUT2D eigenvalue weighted by atomic mass is 19.1. The Morgan fingerprint density at radius 3 is 2.71 bits per heavy atom. The summed E-state index contributed by atoms with van der Waals surface area (Å²) in [6.07, 6.45) is 6.31.